The van der Waals surface area contributed by atoms with E-state index in [4.69, 9.17) is 0 Å². The minimum atomic E-state index is -0.580. The highest BCUT2D eigenvalue weighted by molar-refractivity contribution is 6.13. The van der Waals surface area contributed by atoms with Crippen LogP contribution in [0.1, 0.15) is 29.9 Å². The van der Waals surface area contributed by atoms with Crippen LogP contribution in [0.5, 0.6) is 0 Å². The summed E-state index contributed by atoms with van der Waals surface area (Å²) in [7, 11) is 3.86. The molecular formula is C22H27N7O2. The molecule has 1 aromatic carbocycles. The van der Waals surface area contributed by atoms with E-state index in [2.05, 4.69) is 36.6 Å². The number of fused-ring (bicyclic) bond motifs is 2. The van der Waals surface area contributed by atoms with Gasteiger partial charge in [0, 0.05) is 39.3 Å². The lowest BCUT2D eigenvalue weighted by Crippen LogP contribution is -2.32. The molecule has 2 aliphatic heterocycles. The van der Waals surface area contributed by atoms with Crippen LogP contribution in [0.25, 0.3) is 0 Å². The quantitative estimate of drug-likeness (QED) is 0.675. The summed E-state index contributed by atoms with van der Waals surface area (Å²) in [5, 5.41) is 6.06. The minimum absolute atomic E-state index is 0.119. The van der Waals surface area contributed by atoms with Crippen molar-refractivity contribution in [1.29, 1.82) is 0 Å². The average molecular weight is 422 g/mol. The Balaban J connectivity index is 1.65. The molecule has 2 bridgehead atoms. The number of likely N-dealkylation sites (N-methyl/N-ethyl adjacent to an activating group) is 1. The fraction of sp³-hybridized carbons (Fsp3) is 0.409. The molecule has 0 radical (unpaired) electrons. The highest BCUT2D eigenvalue weighted by Gasteiger charge is 2.33. The monoisotopic (exact) mass is 421 g/mol. The number of benzene rings is 1. The summed E-state index contributed by atoms with van der Waals surface area (Å²) >= 11 is 0. The predicted molar refractivity (Wildman–Crippen MR) is 120 cm³/mol. The van der Waals surface area contributed by atoms with Crippen molar-refractivity contribution < 1.29 is 9.59 Å². The number of carbonyl (C=O) groups excluding carboxylic acids is 2. The first-order valence-electron chi connectivity index (χ1n) is 10.5. The molecule has 9 heteroatoms. The van der Waals surface area contributed by atoms with Gasteiger partial charge in [-0.2, -0.15) is 0 Å². The Morgan fingerprint density at radius 2 is 1.94 bits per heavy atom. The largest absolute Gasteiger partial charge is 0.368 e. The van der Waals surface area contributed by atoms with Crippen molar-refractivity contribution in [2.45, 2.75) is 25.3 Å². The molecule has 2 aromatic rings. The van der Waals surface area contributed by atoms with Gasteiger partial charge >= 0.3 is 0 Å². The molecule has 0 saturated carbocycles. The van der Waals surface area contributed by atoms with Crippen molar-refractivity contribution in [2.75, 3.05) is 44.4 Å². The molecule has 3 heterocycles. The van der Waals surface area contributed by atoms with E-state index in [1.54, 1.807) is 11.1 Å². The van der Waals surface area contributed by atoms with Crippen LogP contribution in [0.15, 0.2) is 35.6 Å². The first kappa shape index (κ1) is 20.9. The Labute approximate surface area is 181 Å². The van der Waals surface area contributed by atoms with Gasteiger partial charge in [0.2, 0.25) is 11.8 Å². The van der Waals surface area contributed by atoms with Crippen LogP contribution in [-0.4, -0.2) is 71.5 Å². The van der Waals surface area contributed by atoms with Crippen molar-refractivity contribution in [3.63, 3.8) is 0 Å². The average Bonchev–Trinajstić information content (AvgIpc) is 3.07. The first-order chi connectivity index (χ1) is 15.0. The van der Waals surface area contributed by atoms with E-state index in [9.17, 15) is 9.59 Å². The van der Waals surface area contributed by atoms with E-state index in [-0.39, 0.29) is 11.8 Å². The van der Waals surface area contributed by atoms with Gasteiger partial charge in [-0.25, -0.2) is 9.97 Å². The van der Waals surface area contributed by atoms with Gasteiger partial charge in [0.25, 0.3) is 0 Å². The number of anilines is 2. The second-order valence-electron chi connectivity index (χ2n) is 7.98. The van der Waals surface area contributed by atoms with Gasteiger partial charge in [-0.15, -0.1) is 0 Å². The van der Waals surface area contributed by atoms with E-state index in [1.807, 2.05) is 32.3 Å². The van der Waals surface area contributed by atoms with E-state index >= 15 is 0 Å². The number of nitrogens with zero attached hydrogens (tertiary/aromatic N) is 5. The molecule has 2 aliphatic rings. The van der Waals surface area contributed by atoms with Crippen molar-refractivity contribution in [1.82, 2.24) is 19.8 Å². The molecule has 1 aromatic heterocycles. The molecule has 1 atom stereocenters. The Kier molecular flexibility index (Phi) is 6.22. The summed E-state index contributed by atoms with van der Waals surface area (Å²) in [6.07, 6.45) is 4.38. The Morgan fingerprint density at radius 1 is 1.10 bits per heavy atom. The number of nitrogens with one attached hydrogen (secondary N) is 2. The van der Waals surface area contributed by atoms with Crippen LogP contribution < -0.4 is 10.6 Å². The number of hydrogen-bond donors (Lipinski definition) is 2. The molecule has 0 fully saturated rings. The third-order valence-corrected chi connectivity index (χ3v) is 5.55. The van der Waals surface area contributed by atoms with Crippen molar-refractivity contribution in [2.24, 2.45) is 4.99 Å². The molecule has 0 spiro atoms. The summed E-state index contributed by atoms with van der Waals surface area (Å²) in [6, 6.07) is 7.95. The molecular weight excluding hydrogens is 394 g/mol. The Hall–Kier alpha value is -3.33. The van der Waals surface area contributed by atoms with Gasteiger partial charge < -0.3 is 20.4 Å². The lowest BCUT2D eigenvalue weighted by molar-refractivity contribution is -0.129. The maximum Gasteiger partial charge on any atom is 0.238 e. The summed E-state index contributed by atoms with van der Waals surface area (Å²) in [5.74, 6) is 0.432. The van der Waals surface area contributed by atoms with Crippen molar-refractivity contribution >= 4 is 35.4 Å². The smallest absolute Gasteiger partial charge is 0.238 e. The maximum absolute atomic E-state index is 12.6. The third-order valence-electron chi connectivity index (χ3n) is 5.55. The zero-order valence-corrected chi connectivity index (χ0v) is 17.8. The number of aromatic nitrogens is 2. The SMILES string of the molecule is CN1CCCC(=O)N(C)CCNc2ncnc3c2C(C=Nc2cccc(c2)C1)C(=O)N3. The number of rotatable bonds is 0. The summed E-state index contributed by atoms with van der Waals surface area (Å²) in [4.78, 5) is 42.1. The molecule has 162 valence electrons. The van der Waals surface area contributed by atoms with Gasteiger partial charge in [-0.05, 0) is 37.7 Å². The number of hydrogen-bond acceptors (Lipinski definition) is 7. The lowest BCUT2D eigenvalue weighted by atomic mass is 10.0. The van der Waals surface area contributed by atoms with Gasteiger partial charge in [0.1, 0.15) is 23.9 Å². The van der Waals surface area contributed by atoms with Crippen molar-refractivity contribution in [3.05, 3.63) is 41.7 Å². The van der Waals surface area contributed by atoms with Crippen LogP contribution >= 0.6 is 0 Å². The lowest BCUT2D eigenvalue weighted by Gasteiger charge is -2.20. The van der Waals surface area contributed by atoms with Gasteiger partial charge in [0.05, 0.1) is 11.3 Å². The molecule has 0 saturated heterocycles. The van der Waals surface area contributed by atoms with E-state index in [1.165, 1.54) is 6.33 Å². The summed E-state index contributed by atoms with van der Waals surface area (Å²) in [5.41, 5.74) is 2.60. The van der Waals surface area contributed by atoms with Gasteiger partial charge in [-0.1, -0.05) is 12.1 Å². The first-order valence-corrected chi connectivity index (χ1v) is 10.5. The van der Waals surface area contributed by atoms with Crippen LogP contribution in [-0.2, 0) is 16.1 Å². The fourth-order valence-electron chi connectivity index (χ4n) is 3.84. The zero-order chi connectivity index (χ0) is 21.8. The highest BCUT2D eigenvalue weighted by Crippen LogP contribution is 2.34. The third kappa shape index (κ3) is 4.88. The van der Waals surface area contributed by atoms with E-state index in [0.29, 0.717) is 36.7 Å². The van der Waals surface area contributed by atoms with Crippen LogP contribution in [0, 0.1) is 0 Å². The zero-order valence-electron chi connectivity index (χ0n) is 17.8. The molecule has 2 amide bonds. The molecule has 0 aliphatic carbocycles. The van der Waals surface area contributed by atoms with Crippen molar-refractivity contribution in [3.8, 4) is 0 Å². The van der Waals surface area contributed by atoms with Gasteiger partial charge in [-0.3, -0.25) is 14.6 Å². The maximum atomic E-state index is 12.6. The molecule has 9 nitrogen and oxygen atoms in total. The Morgan fingerprint density at radius 3 is 2.81 bits per heavy atom. The number of carbonyl (C=O) groups is 2. The summed E-state index contributed by atoms with van der Waals surface area (Å²) < 4.78 is 0. The summed E-state index contributed by atoms with van der Waals surface area (Å²) in [6.45, 7) is 2.66. The minimum Gasteiger partial charge on any atom is -0.368 e. The van der Waals surface area contributed by atoms with Crippen LogP contribution in [0.3, 0.4) is 0 Å². The number of amides is 2. The molecule has 31 heavy (non-hydrogen) atoms. The highest BCUT2D eigenvalue weighted by atomic mass is 16.2. The Bertz CT molecular complexity index is 1010. The molecule has 2 N–H and O–H groups in total. The second kappa shape index (κ2) is 9.22. The topological polar surface area (TPSA) is 103 Å². The van der Waals surface area contributed by atoms with Crippen LogP contribution in [0.4, 0.5) is 17.3 Å². The van der Waals surface area contributed by atoms with Crippen LogP contribution in [0.2, 0.25) is 0 Å². The normalized spacial score (nSPS) is 20.5. The predicted octanol–water partition coefficient (Wildman–Crippen LogP) is 2.01. The number of aliphatic imine (C=N–C) groups is 1. The fourth-order valence-corrected chi connectivity index (χ4v) is 3.84. The van der Waals surface area contributed by atoms with Gasteiger partial charge in [0.15, 0.2) is 0 Å². The second-order valence-corrected chi connectivity index (χ2v) is 7.98. The van der Waals surface area contributed by atoms with E-state index < -0.39 is 5.92 Å². The molecule has 4 rings (SSSR count). The van der Waals surface area contributed by atoms with E-state index in [0.717, 1.165) is 30.8 Å². The standard InChI is InChI=1S/C22H27N7O2/c1-28-9-4-7-18(30)29(2)10-8-23-20-19-17(22(31)27-21(19)26-14-25-20)12-24-16-6-3-5-15(11-16)13-28/h3,5-6,11-12,14,17H,4,7-10,13H2,1-2H3,(H2,23,25,26,27,31). The molecule has 1 unspecified atom stereocenters.